The van der Waals surface area contributed by atoms with Gasteiger partial charge in [-0.1, -0.05) is 26.0 Å². The summed E-state index contributed by atoms with van der Waals surface area (Å²) >= 11 is 0. The van der Waals surface area contributed by atoms with Gasteiger partial charge in [0.1, 0.15) is 0 Å². The number of hydrogen-bond donors (Lipinski definition) is 0. The van der Waals surface area contributed by atoms with Crippen molar-refractivity contribution >= 4 is 10.9 Å². The first-order valence-corrected chi connectivity index (χ1v) is 5.18. The third-order valence-electron chi connectivity index (χ3n) is 2.57. The summed E-state index contributed by atoms with van der Waals surface area (Å²) < 4.78 is 1.98. The molecule has 0 amide bonds. The van der Waals surface area contributed by atoms with Gasteiger partial charge < -0.3 is 0 Å². The van der Waals surface area contributed by atoms with Crippen molar-refractivity contribution < 1.29 is 0 Å². The Morgan fingerprint density at radius 3 is 2.79 bits per heavy atom. The topological polar surface area (TPSA) is 17.8 Å². The number of aromatic nitrogens is 2. The summed E-state index contributed by atoms with van der Waals surface area (Å²) in [4.78, 5) is 0. The van der Waals surface area contributed by atoms with Crippen LogP contribution >= 0.6 is 0 Å². The van der Waals surface area contributed by atoms with Crippen molar-refractivity contribution in [2.24, 2.45) is 0 Å². The van der Waals surface area contributed by atoms with Gasteiger partial charge in [-0.2, -0.15) is 5.10 Å². The lowest BCUT2D eigenvalue weighted by atomic mass is 10.0. The number of rotatable bonds is 2. The molecule has 0 unspecified atom stereocenters. The Balaban J connectivity index is 2.54. The van der Waals surface area contributed by atoms with Gasteiger partial charge in [0, 0.05) is 18.1 Å². The zero-order chi connectivity index (χ0) is 10.1. The predicted molar refractivity (Wildman–Crippen MR) is 59.5 cm³/mol. The third-order valence-corrected chi connectivity index (χ3v) is 2.57. The SMILES string of the molecule is CCn1cc2ccc(C(C)C)cc2n1. The summed E-state index contributed by atoms with van der Waals surface area (Å²) in [6, 6.07) is 6.53. The molecule has 2 rings (SSSR count). The minimum absolute atomic E-state index is 0.575. The van der Waals surface area contributed by atoms with Crippen LogP contribution in [0.1, 0.15) is 32.3 Å². The molecule has 74 valence electrons. The van der Waals surface area contributed by atoms with Crippen molar-refractivity contribution in [3.05, 3.63) is 30.0 Å². The molecule has 0 N–H and O–H groups in total. The van der Waals surface area contributed by atoms with Gasteiger partial charge in [0.2, 0.25) is 0 Å². The quantitative estimate of drug-likeness (QED) is 0.707. The Labute approximate surface area is 84.5 Å². The molecule has 0 atom stereocenters. The standard InChI is InChI=1S/C12H16N2/c1-4-14-8-11-6-5-10(9(2)3)7-12(11)13-14/h5-9H,4H2,1-3H3. The van der Waals surface area contributed by atoms with Crippen LogP contribution in [0.2, 0.25) is 0 Å². The fourth-order valence-corrected chi connectivity index (χ4v) is 1.61. The van der Waals surface area contributed by atoms with Gasteiger partial charge in [0.15, 0.2) is 0 Å². The number of nitrogens with zero attached hydrogens (tertiary/aromatic N) is 2. The lowest BCUT2D eigenvalue weighted by Crippen LogP contribution is -1.92. The van der Waals surface area contributed by atoms with Crippen LogP contribution in [0.25, 0.3) is 10.9 Å². The third kappa shape index (κ3) is 1.52. The van der Waals surface area contributed by atoms with Gasteiger partial charge in [-0.25, -0.2) is 0 Å². The van der Waals surface area contributed by atoms with Gasteiger partial charge in [0.25, 0.3) is 0 Å². The van der Waals surface area contributed by atoms with E-state index in [-0.39, 0.29) is 0 Å². The maximum atomic E-state index is 4.49. The van der Waals surface area contributed by atoms with Gasteiger partial charge in [0.05, 0.1) is 5.52 Å². The van der Waals surface area contributed by atoms with E-state index in [1.165, 1.54) is 10.9 Å². The maximum absolute atomic E-state index is 4.49. The largest absolute Gasteiger partial charge is 0.272 e. The van der Waals surface area contributed by atoms with Crippen LogP contribution in [-0.4, -0.2) is 9.78 Å². The molecule has 0 fully saturated rings. The van der Waals surface area contributed by atoms with Crippen LogP contribution in [0.3, 0.4) is 0 Å². The van der Waals surface area contributed by atoms with Gasteiger partial charge in [-0.3, -0.25) is 4.68 Å². The van der Waals surface area contributed by atoms with Crippen molar-refractivity contribution in [2.45, 2.75) is 33.2 Å². The van der Waals surface area contributed by atoms with E-state index in [0.29, 0.717) is 5.92 Å². The molecule has 2 aromatic rings. The first kappa shape index (κ1) is 9.25. The second kappa shape index (κ2) is 3.45. The molecule has 0 saturated heterocycles. The number of hydrogen-bond acceptors (Lipinski definition) is 1. The zero-order valence-corrected chi connectivity index (χ0v) is 8.99. The summed E-state index contributed by atoms with van der Waals surface area (Å²) in [5.41, 5.74) is 2.47. The van der Waals surface area contributed by atoms with E-state index in [9.17, 15) is 0 Å². The molecule has 0 radical (unpaired) electrons. The highest BCUT2D eigenvalue weighted by Crippen LogP contribution is 2.20. The minimum Gasteiger partial charge on any atom is -0.272 e. The van der Waals surface area contributed by atoms with E-state index in [1.807, 2.05) is 4.68 Å². The molecule has 0 saturated carbocycles. The fourth-order valence-electron chi connectivity index (χ4n) is 1.61. The summed E-state index contributed by atoms with van der Waals surface area (Å²) in [7, 11) is 0. The van der Waals surface area contributed by atoms with Gasteiger partial charge in [-0.05, 0) is 24.5 Å². The number of benzene rings is 1. The predicted octanol–water partition coefficient (Wildman–Crippen LogP) is 3.18. The maximum Gasteiger partial charge on any atom is 0.0926 e. The molecule has 0 spiro atoms. The van der Waals surface area contributed by atoms with Crippen LogP contribution in [-0.2, 0) is 6.54 Å². The normalized spacial score (nSPS) is 11.4. The summed E-state index contributed by atoms with van der Waals surface area (Å²) in [6.45, 7) is 7.46. The second-order valence-electron chi connectivity index (χ2n) is 3.96. The Kier molecular flexibility index (Phi) is 2.28. The lowest BCUT2D eigenvalue weighted by Gasteiger charge is -2.03. The van der Waals surface area contributed by atoms with E-state index >= 15 is 0 Å². The lowest BCUT2D eigenvalue weighted by molar-refractivity contribution is 0.668. The van der Waals surface area contributed by atoms with E-state index in [0.717, 1.165) is 12.1 Å². The number of aryl methyl sites for hydroxylation is 1. The molecular formula is C12H16N2. The summed E-state index contributed by atoms with van der Waals surface area (Å²) in [6.07, 6.45) is 2.10. The summed E-state index contributed by atoms with van der Waals surface area (Å²) in [5, 5.41) is 5.72. The molecule has 2 nitrogen and oxygen atoms in total. The van der Waals surface area contributed by atoms with Crippen LogP contribution in [0.4, 0.5) is 0 Å². The molecular weight excluding hydrogens is 172 g/mol. The molecule has 2 heteroatoms. The van der Waals surface area contributed by atoms with Crippen LogP contribution in [0.5, 0.6) is 0 Å². The van der Waals surface area contributed by atoms with E-state index in [2.05, 4.69) is 50.3 Å². The average Bonchev–Trinajstić information content (AvgIpc) is 2.58. The Morgan fingerprint density at radius 1 is 1.36 bits per heavy atom. The minimum atomic E-state index is 0.575. The Hall–Kier alpha value is -1.31. The number of fused-ring (bicyclic) bond motifs is 1. The molecule has 1 aromatic heterocycles. The second-order valence-corrected chi connectivity index (χ2v) is 3.96. The van der Waals surface area contributed by atoms with Crippen molar-refractivity contribution in [3.8, 4) is 0 Å². The fraction of sp³-hybridized carbons (Fsp3) is 0.417. The summed E-state index contributed by atoms with van der Waals surface area (Å²) in [5.74, 6) is 0.575. The van der Waals surface area contributed by atoms with Crippen LogP contribution in [0.15, 0.2) is 24.4 Å². The zero-order valence-electron chi connectivity index (χ0n) is 8.99. The highest BCUT2D eigenvalue weighted by molar-refractivity contribution is 5.78. The first-order chi connectivity index (χ1) is 6.70. The van der Waals surface area contributed by atoms with Crippen molar-refractivity contribution in [2.75, 3.05) is 0 Å². The molecule has 0 aliphatic carbocycles. The average molecular weight is 188 g/mol. The Bertz CT molecular complexity index is 441. The Morgan fingerprint density at radius 2 is 2.14 bits per heavy atom. The highest BCUT2D eigenvalue weighted by Gasteiger charge is 2.03. The smallest absolute Gasteiger partial charge is 0.0926 e. The van der Waals surface area contributed by atoms with E-state index in [4.69, 9.17) is 0 Å². The van der Waals surface area contributed by atoms with Crippen molar-refractivity contribution in [3.63, 3.8) is 0 Å². The molecule has 0 aliphatic heterocycles. The molecule has 1 aromatic carbocycles. The monoisotopic (exact) mass is 188 g/mol. The first-order valence-electron chi connectivity index (χ1n) is 5.18. The van der Waals surface area contributed by atoms with E-state index < -0.39 is 0 Å². The van der Waals surface area contributed by atoms with Crippen LogP contribution < -0.4 is 0 Å². The molecule has 14 heavy (non-hydrogen) atoms. The van der Waals surface area contributed by atoms with Gasteiger partial charge in [-0.15, -0.1) is 0 Å². The van der Waals surface area contributed by atoms with E-state index in [1.54, 1.807) is 0 Å². The molecule has 1 heterocycles. The molecule has 0 bridgehead atoms. The van der Waals surface area contributed by atoms with Crippen molar-refractivity contribution in [1.82, 2.24) is 9.78 Å². The van der Waals surface area contributed by atoms with Crippen molar-refractivity contribution in [1.29, 1.82) is 0 Å². The van der Waals surface area contributed by atoms with Gasteiger partial charge >= 0.3 is 0 Å². The van der Waals surface area contributed by atoms with Crippen LogP contribution in [0, 0.1) is 0 Å². The highest BCUT2D eigenvalue weighted by atomic mass is 15.3. The molecule has 0 aliphatic rings.